The van der Waals surface area contributed by atoms with Crippen molar-refractivity contribution in [2.75, 3.05) is 7.05 Å². The highest BCUT2D eigenvalue weighted by molar-refractivity contribution is 7.90. The molecule has 2 rings (SSSR count). The van der Waals surface area contributed by atoms with Crippen molar-refractivity contribution in [3.63, 3.8) is 0 Å². The minimum absolute atomic E-state index is 0.0891. The van der Waals surface area contributed by atoms with Crippen molar-refractivity contribution >= 4 is 21.8 Å². The van der Waals surface area contributed by atoms with Crippen LogP contribution in [0, 0.1) is 13.8 Å². The standard InChI is InChI=1S/C17H18N2O4S/c1-11-5-4-6-15(12(11)2)17(21)19-24(22,23)14-9-7-13(8-10-14)16(20)18-3/h4-10H,1-3H3,(H,18,20)(H,19,21). The van der Waals surface area contributed by atoms with E-state index < -0.39 is 15.9 Å². The molecule has 0 aliphatic carbocycles. The number of hydrogen-bond donors (Lipinski definition) is 2. The Balaban J connectivity index is 2.26. The summed E-state index contributed by atoms with van der Waals surface area (Å²) in [4.78, 5) is 23.7. The van der Waals surface area contributed by atoms with Crippen LogP contribution in [0.1, 0.15) is 31.8 Å². The second-order valence-electron chi connectivity index (χ2n) is 5.29. The SMILES string of the molecule is CNC(=O)c1ccc(S(=O)(=O)NC(=O)c2cccc(C)c2C)cc1. The normalized spacial score (nSPS) is 11.0. The molecule has 24 heavy (non-hydrogen) atoms. The average Bonchev–Trinajstić information content (AvgIpc) is 2.56. The van der Waals surface area contributed by atoms with E-state index in [4.69, 9.17) is 0 Å². The van der Waals surface area contributed by atoms with Crippen LogP contribution in [-0.4, -0.2) is 27.3 Å². The van der Waals surface area contributed by atoms with Gasteiger partial charge in [0.2, 0.25) is 0 Å². The van der Waals surface area contributed by atoms with Gasteiger partial charge >= 0.3 is 0 Å². The van der Waals surface area contributed by atoms with Gasteiger partial charge in [0.1, 0.15) is 0 Å². The van der Waals surface area contributed by atoms with Crippen molar-refractivity contribution < 1.29 is 18.0 Å². The molecular formula is C17H18N2O4S. The van der Waals surface area contributed by atoms with Gasteiger partial charge in [-0.05, 0) is 55.3 Å². The summed E-state index contributed by atoms with van der Waals surface area (Å²) in [6, 6.07) is 10.4. The maximum atomic E-state index is 12.3. The Kier molecular flexibility index (Phi) is 5.04. The van der Waals surface area contributed by atoms with Crippen LogP contribution in [0.5, 0.6) is 0 Å². The molecule has 0 radical (unpaired) electrons. The van der Waals surface area contributed by atoms with Crippen molar-refractivity contribution in [3.8, 4) is 0 Å². The summed E-state index contributed by atoms with van der Waals surface area (Å²) in [5.41, 5.74) is 2.26. The molecule has 0 fully saturated rings. The minimum atomic E-state index is -4.02. The second-order valence-corrected chi connectivity index (χ2v) is 6.97. The number of carbonyl (C=O) groups excluding carboxylic acids is 2. The highest BCUT2D eigenvalue weighted by Gasteiger charge is 2.20. The monoisotopic (exact) mass is 346 g/mol. The van der Waals surface area contributed by atoms with Gasteiger partial charge in [0.25, 0.3) is 21.8 Å². The molecule has 0 saturated heterocycles. The molecule has 2 aromatic carbocycles. The Hall–Kier alpha value is -2.67. The Morgan fingerprint density at radius 1 is 0.917 bits per heavy atom. The molecule has 7 heteroatoms. The fourth-order valence-corrected chi connectivity index (χ4v) is 3.13. The van der Waals surface area contributed by atoms with E-state index in [0.717, 1.165) is 11.1 Å². The van der Waals surface area contributed by atoms with E-state index >= 15 is 0 Å². The summed E-state index contributed by atoms with van der Waals surface area (Å²) in [5.74, 6) is -1.01. The summed E-state index contributed by atoms with van der Waals surface area (Å²) in [7, 11) is -2.53. The number of carbonyl (C=O) groups is 2. The topological polar surface area (TPSA) is 92.3 Å². The number of sulfonamides is 1. The molecule has 0 spiro atoms. The lowest BCUT2D eigenvalue weighted by Crippen LogP contribution is -2.31. The van der Waals surface area contributed by atoms with E-state index in [2.05, 4.69) is 10.0 Å². The van der Waals surface area contributed by atoms with Crippen molar-refractivity contribution in [3.05, 3.63) is 64.7 Å². The van der Waals surface area contributed by atoms with Crippen LogP contribution in [0.25, 0.3) is 0 Å². The summed E-state index contributed by atoms with van der Waals surface area (Å²) < 4.78 is 26.7. The van der Waals surface area contributed by atoms with E-state index in [1.54, 1.807) is 19.1 Å². The van der Waals surface area contributed by atoms with E-state index in [0.29, 0.717) is 11.1 Å². The van der Waals surface area contributed by atoms with Crippen molar-refractivity contribution in [1.29, 1.82) is 0 Å². The number of rotatable bonds is 4. The highest BCUT2D eigenvalue weighted by Crippen LogP contribution is 2.15. The van der Waals surface area contributed by atoms with Gasteiger partial charge in [0, 0.05) is 18.2 Å². The van der Waals surface area contributed by atoms with E-state index in [9.17, 15) is 18.0 Å². The summed E-state index contributed by atoms with van der Waals surface area (Å²) in [5, 5.41) is 2.45. The fraction of sp³-hybridized carbons (Fsp3) is 0.176. The van der Waals surface area contributed by atoms with Crippen LogP contribution >= 0.6 is 0 Å². The Morgan fingerprint density at radius 2 is 1.54 bits per heavy atom. The van der Waals surface area contributed by atoms with Crippen LogP contribution in [0.4, 0.5) is 0 Å². The van der Waals surface area contributed by atoms with Crippen LogP contribution in [0.15, 0.2) is 47.4 Å². The third-order valence-corrected chi connectivity index (χ3v) is 5.08. The number of hydrogen-bond acceptors (Lipinski definition) is 4. The van der Waals surface area contributed by atoms with Gasteiger partial charge in [-0.15, -0.1) is 0 Å². The zero-order valence-corrected chi connectivity index (χ0v) is 14.4. The van der Waals surface area contributed by atoms with Crippen molar-refractivity contribution in [2.45, 2.75) is 18.7 Å². The molecule has 2 amide bonds. The van der Waals surface area contributed by atoms with Gasteiger partial charge in [0.15, 0.2) is 0 Å². The molecule has 0 bridgehead atoms. The smallest absolute Gasteiger partial charge is 0.265 e. The second kappa shape index (κ2) is 6.84. The molecular weight excluding hydrogens is 328 g/mol. The first kappa shape index (κ1) is 17.7. The molecule has 6 nitrogen and oxygen atoms in total. The first-order valence-corrected chi connectivity index (χ1v) is 8.70. The van der Waals surface area contributed by atoms with Gasteiger partial charge in [-0.25, -0.2) is 13.1 Å². The number of nitrogens with one attached hydrogen (secondary N) is 2. The zero-order valence-electron chi connectivity index (χ0n) is 13.6. The van der Waals surface area contributed by atoms with Gasteiger partial charge in [-0.2, -0.15) is 0 Å². The van der Waals surface area contributed by atoms with Gasteiger partial charge in [-0.3, -0.25) is 9.59 Å². The first-order valence-electron chi connectivity index (χ1n) is 7.22. The quantitative estimate of drug-likeness (QED) is 0.883. The molecule has 0 saturated carbocycles. The van der Waals surface area contributed by atoms with Crippen molar-refractivity contribution in [1.82, 2.24) is 10.0 Å². The van der Waals surface area contributed by atoms with Crippen LogP contribution < -0.4 is 10.0 Å². The van der Waals surface area contributed by atoms with Gasteiger partial charge in [-0.1, -0.05) is 12.1 Å². The molecule has 2 aromatic rings. The summed E-state index contributed by atoms with van der Waals surface area (Å²) in [6.07, 6.45) is 0. The molecule has 0 aliphatic rings. The molecule has 0 heterocycles. The van der Waals surface area contributed by atoms with E-state index in [1.807, 2.05) is 13.0 Å². The Labute approximate surface area is 140 Å². The lowest BCUT2D eigenvalue weighted by atomic mass is 10.0. The molecule has 0 atom stereocenters. The lowest BCUT2D eigenvalue weighted by Gasteiger charge is -2.10. The molecule has 0 unspecified atom stereocenters. The predicted molar refractivity (Wildman–Crippen MR) is 90.4 cm³/mol. The zero-order chi connectivity index (χ0) is 17.9. The molecule has 0 aromatic heterocycles. The van der Waals surface area contributed by atoms with E-state index in [1.165, 1.54) is 31.3 Å². The summed E-state index contributed by atoms with van der Waals surface area (Å²) in [6.45, 7) is 3.60. The molecule has 126 valence electrons. The maximum Gasteiger partial charge on any atom is 0.265 e. The lowest BCUT2D eigenvalue weighted by molar-refractivity contribution is 0.0959. The van der Waals surface area contributed by atoms with Crippen LogP contribution in [-0.2, 0) is 10.0 Å². The van der Waals surface area contributed by atoms with Gasteiger partial charge in [0.05, 0.1) is 4.90 Å². The maximum absolute atomic E-state index is 12.3. The number of benzene rings is 2. The largest absolute Gasteiger partial charge is 0.355 e. The summed E-state index contributed by atoms with van der Waals surface area (Å²) >= 11 is 0. The highest BCUT2D eigenvalue weighted by atomic mass is 32.2. The van der Waals surface area contributed by atoms with Crippen LogP contribution in [0.2, 0.25) is 0 Å². The third-order valence-electron chi connectivity index (χ3n) is 3.73. The van der Waals surface area contributed by atoms with Crippen LogP contribution in [0.3, 0.4) is 0 Å². The van der Waals surface area contributed by atoms with Gasteiger partial charge < -0.3 is 5.32 Å². The van der Waals surface area contributed by atoms with E-state index in [-0.39, 0.29) is 10.8 Å². The number of aryl methyl sites for hydroxylation is 1. The number of amides is 2. The fourth-order valence-electron chi connectivity index (χ4n) is 2.16. The van der Waals surface area contributed by atoms with Crippen molar-refractivity contribution in [2.24, 2.45) is 0 Å². The molecule has 2 N–H and O–H groups in total. The Bertz CT molecular complexity index is 887. The Morgan fingerprint density at radius 3 is 2.12 bits per heavy atom. The minimum Gasteiger partial charge on any atom is -0.355 e. The third kappa shape index (κ3) is 3.62. The average molecular weight is 346 g/mol. The first-order chi connectivity index (χ1) is 11.3. The molecule has 0 aliphatic heterocycles. The predicted octanol–water partition coefficient (Wildman–Crippen LogP) is 1.78.